The third kappa shape index (κ3) is 3.24. The van der Waals surface area contributed by atoms with Crippen LogP contribution >= 0.6 is 11.6 Å². The van der Waals surface area contributed by atoms with Crippen molar-refractivity contribution in [1.29, 1.82) is 5.26 Å². The van der Waals surface area contributed by atoms with Gasteiger partial charge in [0.15, 0.2) is 0 Å². The molecule has 16 heavy (non-hydrogen) atoms. The van der Waals surface area contributed by atoms with E-state index >= 15 is 0 Å². The summed E-state index contributed by atoms with van der Waals surface area (Å²) in [7, 11) is 0. The first-order valence-electron chi connectivity index (χ1n) is 4.17. The van der Waals surface area contributed by atoms with Crippen LogP contribution in [0.25, 0.3) is 0 Å². The molecule has 0 aliphatic heterocycles. The summed E-state index contributed by atoms with van der Waals surface area (Å²) >= 11 is 5.68. The third-order valence-electron chi connectivity index (χ3n) is 1.59. The highest BCUT2D eigenvalue weighted by Gasteiger charge is 2.07. The van der Waals surface area contributed by atoms with Gasteiger partial charge in [0.25, 0.3) is 5.91 Å². The minimum Gasteiger partial charge on any atom is -0.288 e. The molecule has 4 N–H and O–H groups in total. The molecule has 0 saturated heterocycles. The Morgan fingerprint density at radius 2 is 2.06 bits per heavy atom. The molecule has 1 aromatic rings. The van der Waals surface area contributed by atoms with Gasteiger partial charge in [-0.2, -0.15) is 10.4 Å². The first-order valence-corrected chi connectivity index (χ1v) is 4.55. The lowest BCUT2D eigenvalue weighted by atomic mass is 10.3. The van der Waals surface area contributed by atoms with Crippen LogP contribution in [-0.4, -0.2) is 11.6 Å². The monoisotopic (exact) mass is 237 g/mol. The topological polar surface area (TPSA) is 103 Å². The van der Waals surface area contributed by atoms with Crippen molar-refractivity contribution in [2.24, 2.45) is 10.9 Å². The summed E-state index contributed by atoms with van der Waals surface area (Å²) in [6.07, 6.45) is 0. The van der Waals surface area contributed by atoms with E-state index in [1.165, 1.54) is 0 Å². The summed E-state index contributed by atoms with van der Waals surface area (Å²) < 4.78 is 0. The molecule has 82 valence electrons. The summed E-state index contributed by atoms with van der Waals surface area (Å²) in [5, 5.41) is 12.8. The number of hydrazine groups is 1. The largest absolute Gasteiger partial charge is 0.296 e. The number of benzene rings is 1. The van der Waals surface area contributed by atoms with Gasteiger partial charge in [-0.05, 0) is 24.3 Å². The lowest BCUT2D eigenvalue weighted by molar-refractivity contribution is -0.114. The maximum absolute atomic E-state index is 11.0. The number of nitrogens with one attached hydrogen (secondary N) is 2. The van der Waals surface area contributed by atoms with Crippen molar-refractivity contribution in [3.8, 4) is 6.07 Å². The van der Waals surface area contributed by atoms with Gasteiger partial charge in [0.1, 0.15) is 6.07 Å². The minimum absolute atomic E-state index is 0.363. The third-order valence-corrected chi connectivity index (χ3v) is 1.85. The van der Waals surface area contributed by atoms with Crippen LogP contribution in [0, 0.1) is 11.3 Å². The second kappa shape index (κ2) is 5.70. The molecule has 0 bridgehead atoms. The second-order valence-electron chi connectivity index (χ2n) is 2.66. The highest BCUT2D eigenvalue weighted by molar-refractivity contribution is 6.45. The Balaban J connectivity index is 2.75. The Labute approximate surface area is 96.7 Å². The number of amides is 1. The van der Waals surface area contributed by atoms with Crippen molar-refractivity contribution in [1.82, 2.24) is 5.43 Å². The van der Waals surface area contributed by atoms with Gasteiger partial charge < -0.3 is 0 Å². The molecule has 0 fully saturated rings. The number of nitrogens with two attached hydrogens (primary N) is 1. The average molecular weight is 238 g/mol. The van der Waals surface area contributed by atoms with Gasteiger partial charge in [-0.25, -0.2) is 5.84 Å². The molecular formula is C9H8ClN5O. The minimum atomic E-state index is -0.760. The van der Waals surface area contributed by atoms with Crippen LogP contribution in [0.3, 0.4) is 0 Å². The fourth-order valence-corrected chi connectivity index (χ4v) is 0.966. The SMILES string of the molecule is N#CC(=NNc1ccc(Cl)cc1)C(=O)NN. The molecule has 0 aliphatic rings. The standard InChI is InChI=1S/C9H8ClN5O/c10-6-1-3-7(4-2-6)14-15-8(5-11)9(16)13-12/h1-4,14H,12H2,(H,13,16). The van der Waals surface area contributed by atoms with Crippen molar-refractivity contribution in [2.75, 3.05) is 5.43 Å². The van der Waals surface area contributed by atoms with Gasteiger partial charge in [-0.3, -0.25) is 15.6 Å². The van der Waals surface area contributed by atoms with Crippen molar-refractivity contribution in [2.45, 2.75) is 0 Å². The van der Waals surface area contributed by atoms with Crippen LogP contribution in [0.15, 0.2) is 29.4 Å². The van der Waals surface area contributed by atoms with E-state index in [1.807, 2.05) is 5.43 Å². The molecular weight excluding hydrogens is 230 g/mol. The van der Waals surface area contributed by atoms with Crippen LogP contribution in [0.5, 0.6) is 0 Å². The summed E-state index contributed by atoms with van der Waals surface area (Å²) in [6, 6.07) is 8.21. The highest BCUT2D eigenvalue weighted by atomic mass is 35.5. The predicted molar refractivity (Wildman–Crippen MR) is 60.5 cm³/mol. The molecule has 0 spiro atoms. The van der Waals surface area contributed by atoms with E-state index in [9.17, 15) is 4.79 Å². The number of halogens is 1. The Kier molecular flexibility index (Phi) is 4.27. The van der Waals surface area contributed by atoms with E-state index in [1.54, 1.807) is 30.3 Å². The molecule has 1 aromatic carbocycles. The number of hydrogen-bond donors (Lipinski definition) is 3. The molecule has 0 aliphatic carbocycles. The molecule has 0 radical (unpaired) electrons. The van der Waals surface area contributed by atoms with Crippen molar-refractivity contribution < 1.29 is 4.79 Å². The fourth-order valence-electron chi connectivity index (χ4n) is 0.840. The Morgan fingerprint density at radius 1 is 1.44 bits per heavy atom. The van der Waals surface area contributed by atoms with Crippen LogP contribution in [-0.2, 0) is 4.79 Å². The number of nitriles is 1. The Bertz CT molecular complexity index is 448. The van der Waals surface area contributed by atoms with Crippen LogP contribution in [0.4, 0.5) is 5.69 Å². The number of nitrogens with zero attached hydrogens (tertiary/aromatic N) is 2. The average Bonchev–Trinajstić information content (AvgIpc) is 2.31. The van der Waals surface area contributed by atoms with Crippen molar-refractivity contribution in [3.05, 3.63) is 29.3 Å². The molecule has 0 aromatic heterocycles. The van der Waals surface area contributed by atoms with E-state index in [2.05, 4.69) is 10.5 Å². The molecule has 6 nitrogen and oxygen atoms in total. The zero-order valence-corrected chi connectivity index (χ0v) is 8.82. The smallest absolute Gasteiger partial charge is 0.288 e. The number of rotatable bonds is 3. The number of carbonyl (C=O) groups is 1. The quantitative estimate of drug-likeness (QED) is 0.310. The van der Waals surface area contributed by atoms with E-state index < -0.39 is 5.91 Å². The highest BCUT2D eigenvalue weighted by Crippen LogP contribution is 2.13. The normalized spacial score (nSPS) is 10.4. The molecule has 0 heterocycles. The van der Waals surface area contributed by atoms with E-state index in [0.717, 1.165) is 0 Å². The maximum atomic E-state index is 11.0. The summed E-state index contributed by atoms with van der Waals surface area (Å²) in [5.74, 6) is 4.10. The lowest BCUT2D eigenvalue weighted by Gasteiger charge is -2.00. The molecule has 0 atom stereocenters. The summed E-state index contributed by atoms with van der Waals surface area (Å²) in [4.78, 5) is 11.0. The first-order chi connectivity index (χ1) is 7.67. The Hall–Kier alpha value is -2.10. The number of anilines is 1. The van der Waals surface area contributed by atoms with Crippen LogP contribution in [0.1, 0.15) is 0 Å². The van der Waals surface area contributed by atoms with E-state index in [4.69, 9.17) is 22.7 Å². The zero-order valence-electron chi connectivity index (χ0n) is 8.07. The fraction of sp³-hybridized carbons (Fsp3) is 0. The van der Waals surface area contributed by atoms with Crippen molar-refractivity contribution >= 4 is 28.9 Å². The number of carbonyl (C=O) groups excluding carboxylic acids is 1. The van der Waals surface area contributed by atoms with Gasteiger partial charge in [0.2, 0.25) is 5.71 Å². The number of hydrazone groups is 1. The van der Waals surface area contributed by atoms with Crippen LogP contribution < -0.4 is 16.7 Å². The van der Waals surface area contributed by atoms with Gasteiger partial charge in [-0.15, -0.1) is 0 Å². The molecule has 7 heteroatoms. The predicted octanol–water partition coefficient (Wildman–Crippen LogP) is 0.621. The second-order valence-corrected chi connectivity index (χ2v) is 3.10. The lowest BCUT2D eigenvalue weighted by Crippen LogP contribution is -2.36. The maximum Gasteiger partial charge on any atom is 0.296 e. The van der Waals surface area contributed by atoms with Crippen LogP contribution in [0.2, 0.25) is 5.02 Å². The van der Waals surface area contributed by atoms with Gasteiger partial charge >= 0.3 is 0 Å². The molecule has 1 amide bonds. The zero-order chi connectivity index (χ0) is 12.0. The van der Waals surface area contributed by atoms with Gasteiger partial charge in [0.05, 0.1) is 5.69 Å². The summed E-state index contributed by atoms with van der Waals surface area (Å²) in [5.41, 5.74) is 4.57. The summed E-state index contributed by atoms with van der Waals surface area (Å²) in [6.45, 7) is 0. The van der Waals surface area contributed by atoms with E-state index in [-0.39, 0.29) is 5.71 Å². The van der Waals surface area contributed by atoms with Crippen molar-refractivity contribution in [3.63, 3.8) is 0 Å². The van der Waals surface area contributed by atoms with Gasteiger partial charge in [-0.1, -0.05) is 11.6 Å². The Morgan fingerprint density at radius 3 is 2.56 bits per heavy atom. The number of hydrogen-bond acceptors (Lipinski definition) is 5. The van der Waals surface area contributed by atoms with E-state index in [0.29, 0.717) is 10.7 Å². The molecule has 0 saturated carbocycles. The molecule has 1 rings (SSSR count). The van der Waals surface area contributed by atoms with Gasteiger partial charge in [0, 0.05) is 5.02 Å². The molecule has 0 unspecified atom stereocenters. The first kappa shape index (κ1) is 12.0.